The predicted octanol–water partition coefficient (Wildman–Crippen LogP) is 20.4. The molecule has 1 atom stereocenters. The summed E-state index contributed by atoms with van der Waals surface area (Å²) < 4.78 is 16.8. The summed E-state index contributed by atoms with van der Waals surface area (Å²) >= 11 is 0. The molecule has 0 radical (unpaired) electrons. The maximum absolute atomic E-state index is 12.9. The van der Waals surface area contributed by atoms with E-state index >= 15 is 0 Å². The monoisotopic (exact) mass is 1010 g/mol. The molecule has 0 aromatic rings. The Balaban J connectivity index is 4.51. The quantitative estimate of drug-likeness (QED) is 0.0261. The van der Waals surface area contributed by atoms with Gasteiger partial charge in [-0.2, -0.15) is 0 Å². The van der Waals surface area contributed by atoms with Crippen LogP contribution in [-0.2, 0) is 28.6 Å². The van der Waals surface area contributed by atoms with Gasteiger partial charge in [0.25, 0.3) is 0 Å². The Labute approximate surface area is 450 Å². The van der Waals surface area contributed by atoms with Crippen molar-refractivity contribution in [1.29, 1.82) is 0 Å². The molecule has 6 heteroatoms. The van der Waals surface area contributed by atoms with E-state index in [9.17, 15) is 14.4 Å². The maximum Gasteiger partial charge on any atom is 0.306 e. The van der Waals surface area contributed by atoms with E-state index in [0.29, 0.717) is 19.3 Å². The molecule has 0 aliphatic heterocycles. The van der Waals surface area contributed by atoms with Crippen LogP contribution in [-0.4, -0.2) is 37.2 Å². The molecule has 0 bridgehead atoms. The second-order valence-electron chi connectivity index (χ2n) is 19.5. The average Bonchev–Trinajstić information content (AvgIpc) is 3.39. The number of ether oxygens (including phenoxy) is 3. The zero-order valence-corrected chi connectivity index (χ0v) is 47.4. The van der Waals surface area contributed by atoms with Gasteiger partial charge in [0, 0.05) is 19.3 Å². The van der Waals surface area contributed by atoms with Crippen molar-refractivity contribution in [2.45, 2.75) is 271 Å². The van der Waals surface area contributed by atoms with Gasteiger partial charge in [-0.15, -0.1) is 0 Å². The van der Waals surface area contributed by atoms with Gasteiger partial charge in [-0.25, -0.2) is 0 Å². The largest absolute Gasteiger partial charge is 0.462 e. The molecular weight excluding hydrogens is 901 g/mol. The molecule has 0 saturated carbocycles. The zero-order chi connectivity index (χ0) is 52.9. The van der Waals surface area contributed by atoms with E-state index in [2.05, 4.69) is 142 Å². The first-order valence-corrected chi connectivity index (χ1v) is 30.0. The van der Waals surface area contributed by atoms with Gasteiger partial charge in [0.05, 0.1) is 0 Å². The summed E-state index contributed by atoms with van der Waals surface area (Å²) in [6.45, 7) is 6.33. The standard InChI is InChI=1S/C67H110O6/c1-4-7-10-13-16-19-22-25-28-31-32-33-34-37-39-42-45-48-51-54-57-60-66(69)72-63-64(73-67(70)61-58-55-52-49-46-43-40-36-30-27-24-21-18-15-12-9-6-3)62-71-65(68)59-56-53-50-47-44-41-38-35-29-26-23-20-17-14-11-8-5-2/h8-9,11-12,17-18,20-21,26-27,29-30,38,40-41,43,47,49-50,52,64H,4-7,10,13-16,19,22-25,28,31-37,39,42,44-46,48,51,53-63H2,1-3H3/b11-8-,12-9-,20-17-,21-18-,29-26-,30-27-,41-38-,43-40-,50-47-,52-49-/t64-/m1/s1. The van der Waals surface area contributed by atoms with Gasteiger partial charge in [-0.1, -0.05) is 271 Å². The predicted molar refractivity (Wildman–Crippen MR) is 316 cm³/mol. The van der Waals surface area contributed by atoms with Crippen molar-refractivity contribution in [3.8, 4) is 0 Å². The fourth-order valence-corrected chi connectivity index (χ4v) is 8.04. The molecule has 0 heterocycles. The van der Waals surface area contributed by atoms with Gasteiger partial charge in [0.1, 0.15) is 13.2 Å². The van der Waals surface area contributed by atoms with Crippen LogP contribution in [0.2, 0.25) is 0 Å². The van der Waals surface area contributed by atoms with Crippen LogP contribution < -0.4 is 0 Å². The molecule has 0 amide bonds. The highest BCUT2D eigenvalue weighted by atomic mass is 16.6. The molecule has 73 heavy (non-hydrogen) atoms. The van der Waals surface area contributed by atoms with Crippen LogP contribution in [0.1, 0.15) is 265 Å². The first kappa shape index (κ1) is 68.8. The number of rotatable bonds is 53. The smallest absolute Gasteiger partial charge is 0.306 e. The Morgan fingerprint density at radius 2 is 0.534 bits per heavy atom. The number of allylic oxidation sites excluding steroid dienone is 20. The summed E-state index contributed by atoms with van der Waals surface area (Å²) in [5.74, 6) is -1.04. The van der Waals surface area contributed by atoms with Crippen molar-refractivity contribution in [1.82, 2.24) is 0 Å². The Kier molecular flexibility index (Phi) is 56.9. The van der Waals surface area contributed by atoms with Gasteiger partial charge in [0.15, 0.2) is 6.10 Å². The van der Waals surface area contributed by atoms with Crippen molar-refractivity contribution in [2.75, 3.05) is 13.2 Å². The number of esters is 3. The van der Waals surface area contributed by atoms with Crippen molar-refractivity contribution in [3.63, 3.8) is 0 Å². The Bertz CT molecular complexity index is 1540. The number of hydrogen-bond donors (Lipinski definition) is 0. The molecule has 0 spiro atoms. The summed E-state index contributed by atoms with van der Waals surface area (Å²) in [6, 6.07) is 0. The summed E-state index contributed by atoms with van der Waals surface area (Å²) in [5, 5.41) is 0. The van der Waals surface area contributed by atoms with Crippen molar-refractivity contribution < 1.29 is 28.6 Å². The lowest BCUT2D eigenvalue weighted by Crippen LogP contribution is -2.30. The number of carbonyl (C=O) groups is 3. The minimum atomic E-state index is -0.834. The third kappa shape index (κ3) is 58.6. The van der Waals surface area contributed by atoms with Gasteiger partial charge in [-0.05, 0) is 96.3 Å². The first-order valence-electron chi connectivity index (χ1n) is 30.0. The zero-order valence-electron chi connectivity index (χ0n) is 47.4. The summed E-state index contributed by atoms with van der Waals surface area (Å²) in [7, 11) is 0. The second kappa shape index (κ2) is 60.4. The topological polar surface area (TPSA) is 78.9 Å². The molecule has 0 aliphatic rings. The highest BCUT2D eigenvalue weighted by molar-refractivity contribution is 5.71. The van der Waals surface area contributed by atoms with Crippen LogP contribution in [0, 0.1) is 0 Å². The number of unbranched alkanes of at least 4 members (excludes halogenated alkanes) is 22. The Morgan fingerprint density at radius 3 is 0.836 bits per heavy atom. The van der Waals surface area contributed by atoms with E-state index in [1.165, 1.54) is 116 Å². The molecule has 0 fully saturated rings. The lowest BCUT2D eigenvalue weighted by Gasteiger charge is -2.18. The van der Waals surface area contributed by atoms with E-state index in [4.69, 9.17) is 14.2 Å². The van der Waals surface area contributed by atoms with E-state index in [1.54, 1.807) is 0 Å². The highest BCUT2D eigenvalue weighted by Crippen LogP contribution is 2.16. The average molecular weight is 1010 g/mol. The normalized spacial score (nSPS) is 13.0. The number of hydrogen-bond acceptors (Lipinski definition) is 6. The fraction of sp³-hybridized carbons (Fsp3) is 0.657. The van der Waals surface area contributed by atoms with Gasteiger partial charge >= 0.3 is 17.9 Å². The SMILES string of the molecule is CC/C=C\C/C=C\C/C=C\C/C=C\C/C=C\CCCC(=O)OC[C@H](COC(=O)CCCCCCCCCCCCCCCCCCCCCCC)OC(=O)CCC/C=C\C/C=C\C/C=C\C/C=C\C/C=C\CC. The molecule has 414 valence electrons. The van der Waals surface area contributed by atoms with Crippen LogP contribution >= 0.6 is 0 Å². The lowest BCUT2D eigenvalue weighted by atomic mass is 10.0. The maximum atomic E-state index is 12.9. The van der Waals surface area contributed by atoms with Crippen LogP contribution in [0.3, 0.4) is 0 Å². The molecular formula is C67H110O6. The summed E-state index contributed by atoms with van der Waals surface area (Å²) in [5.41, 5.74) is 0. The van der Waals surface area contributed by atoms with Crippen molar-refractivity contribution in [2.24, 2.45) is 0 Å². The summed E-state index contributed by atoms with van der Waals surface area (Å²) in [6.07, 6.45) is 83.6. The molecule has 0 saturated heterocycles. The van der Waals surface area contributed by atoms with E-state index < -0.39 is 6.10 Å². The molecule has 0 unspecified atom stereocenters. The highest BCUT2D eigenvalue weighted by Gasteiger charge is 2.19. The molecule has 0 aromatic heterocycles. The van der Waals surface area contributed by atoms with E-state index in [1.807, 2.05) is 0 Å². The minimum absolute atomic E-state index is 0.119. The van der Waals surface area contributed by atoms with Crippen LogP contribution in [0.25, 0.3) is 0 Å². The summed E-state index contributed by atoms with van der Waals surface area (Å²) in [4.78, 5) is 38.2. The van der Waals surface area contributed by atoms with E-state index in [-0.39, 0.29) is 44.0 Å². The fourth-order valence-electron chi connectivity index (χ4n) is 8.04. The van der Waals surface area contributed by atoms with Crippen molar-refractivity contribution in [3.05, 3.63) is 122 Å². The third-order valence-electron chi connectivity index (χ3n) is 12.5. The molecule has 0 aromatic carbocycles. The Morgan fingerprint density at radius 1 is 0.288 bits per heavy atom. The molecule has 6 nitrogen and oxygen atoms in total. The Hall–Kier alpha value is -4.19. The van der Waals surface area contributed by atoms with Gasteiger partial charge < -0.3 is 14.2 Å². The van der Waals surface area contributed by atoms with Gasteiger partial charge in [-0.3, -0.25) is 14.4 Å². The molecule has 0 aliphatic carbocycles. The molecule has 0 N–H and O–H groups in total. The van der Waals surface area contributed by atoms with Gasteiger partial charge in [0.2, 0.25) is 0 Å². The van der Waals surface area contributed by atoms with Crippen molar-refractivity contribution >= 4 is 17.9 Å². The number of carbonyl (C=O) groups excluding carboxylic acids is 3. The first-order chi connectivity index (χ1) is 36.0. The van der Waals surface area contributed by atoms with Crippen LogP contribution in [0.15, 0.2) is 122 Å². The third-order valence-corrected chi connectivity index (χ3v) is 12.5. The molecule has 0 rings (SSSR count). The minimum Gasteiger partial charge on any atom is -0.462 e. The van der Waals surface area contributed by atoms with Crippen LogP contribution in [0.4, 0.5) is 0 Å². The lowest BCUT2D eigenvalue weighted by molar-refractivity contribution is -0.167. The second-order valence-corrected chi connectivity index (χ2v) is 19.5. The van der Waals surface area contributed by atoms with E-state index in [0.717, 1.165) is 96.3 Å². The van der Waals surface area contributed by atoms with Crippen LogP contribution in [0.5, 0.6) is 0 Å².